The second-order valence-corrected chi connectivity index (χ2v) is 6.13. The summed E-state index contributed by atoms with van der Waals surface area (Å²) in [5, 5.41) is 3.17. The van der Waals surface area contributed by atoms with Gasteiger partial charge < -0.3 is 15.1 Å². The van der Waals surface area contributed by atoms with Crippen LogP contribution in [-0.2, 0) is 4.79 Å². The number of hydrogen-bond acceptors (Lipinski definition) is 5. The zero-order chi connectivity index (χ0) is 18.5. The molecule has 1 aliphatic heterocycles. The lowest BCUT2D eigenvalue weighted by molar-refractivity contribution is -0.119. The highest BCUT2D eigenvalue weighted by atomic mass is 16.2. The molecule has 2 aromatic rings. The Morgan fingerprint density at radius 1 is 1.08 bits per heavy atom. The molecule has 2 amide bonds. The molecule has 0 aliphatic carbocycles. The van der Waals surface area contributed by atoms with Gasteiger partial charge in [0.1, 0.15) is 5.69 Å². The Hall–Kier alpha value is -3.22. The van der Waals surface area contributed by atoms with Gasteiger partial charge in [0.15, 0.2) is 5.78 Å². The second-order valence-electron chi connectivity index (χ2n) is 6.13. The van der Waals surface area contributed by atoms with Crippen molar-refractivity contribution in [2.45, 2.75) is 6.92 Å². The number of carbonyl (C=O) groups excluding carboxylic acids is 3. The number of pyridine rings is 1. The number of aromatic nitrogens is 1. The Bertz CT molecular complexity index is 812. The van der Waals surface area contributed by atoms with Crippen LogP contribution in [0.3, 0.4) is 0 Å². The lowest BCUT2D eigenvalue weighted by Crippen LogP contribution is -2.48. The number of rotatable bonds is 5. The minimum atomic E-state index is -0.138. The summed E-state index contributed by atoms with van der Waals surface area (Å²) in [6, 6.07) is 10.7. The third-order valence-corrected chi connectivity index (χ3v) is 4.29. The average molecular weight is 352 g/mol. The first-order valence-electron chi connectivity index (χ1n) is 8.39. The highest BCUT2D eigenvalue weighted by Crippen LogP contribution is 2.18. The Kier molecular flexibility index (Phi) is 5.26. The summed E-state index contributed by atoms with van der Waals surface area (Å²) in [5.74, 6) is -0.136. The van der Waals surface area contributed by atoms with Gasteiger partial charge in [0, 0.05) is 37.4 Å². The van der Waals surface area contributed by atoms with Crippen LogP contribution in [-0.4, -0.2) is 59.1 Å². The number of Topliss-reactive ketones (excluding diaryl/α,β-unsaturated/α-hetero) is 1. The summed E-state index contributed by atoms with van der Waals surface area (Å²) < 4.78 is 0. The third-order valence-electron chi connectivity index (χ3n) is 4.29. The molecule has 0 saturated carbocycles. The van der Waals surface area contributed by atoms with Crippen LogP contribution in [0.1, 0.15) is 27.8 Å². The van der Waals surface area contributed by atoms with Gasteiger partial charge >= 0.3 is 0 Å². The smallest absolute Gasteiger partial charge is 0.272 e. The SMILES string of the molecule is CC(=O)c1cccc(Nc2ccc(C(=O)N3CCN(C=O)CC3)nc2)c1. The third kappa shape index (κ3) is 4.05. The molecule has 1 aliphatic rings. The van der Waals surface area contributed by atoms with E-state index in [1.807, 2.05) is 12.1 Å². The Balaban J connectivity index is 1.65. The maximum Gasteiger partial charge on any atom is 0.272 e. The van der Waals surface area contributed by atoms with E-state index in [9.17, 15) is 14.4 Å². The van der Waals surface area contributed by atoms with E-state index in [4.69, 9.17) is 0 Å². The van der Waals surface area contributed by atoms with Crippen LogP contribution in [0.15, 0.2) is 42.6 Å². The van der Waals surface area contributed by atoms with Gasteiger partial charge in [-0.05, 0) is 31.2 Å². The van der Waals surface area contributed by atoms with E-state index in [1.54, 1.807) is 40.3 Å². The van der Waals surface area contributed by atoms with Crippen LogP contribution in [0, 0.1) is 0 Å². The average Bonchev–Trinajstić information content (AvgIpc) is 2.68. The zero-order valence-electron chi connectivity index (χ0n) is 14.5. The molecule has 1 aromatic heterocycles. The molecular formula is C19H20N4O3. The van der Waals surface area contributed by atoms with Crippen molar-refractivity contribution in [3.63, 3.8) is 0 Å². The van der Waals surface area contributed by atoms with Crippen molar-refractivity contribution in [3.8, 4) is 0 Å². The van der Waals surface area contributed by atoms with E-state index in [-0.39, 0.29) is 11.7 Å². The monoisotopic (exact) mass is 352 g/mol. The molecule has 7 heteroatoms. The van der Waals surface area contributed by atoms with Crippen molar-refractivity contribution < 1.29 is 14.4 Å². The van der Waals surface area contributed by atoms with Crippen LogP contribution in [0.5, 0.6) is 0 Å². The predicted octanol–water partition coefficient (Wildman–Crippen LogP) is 1.94. The van der Waals surface area contributed by atoms with Gasteiger partial charge in [-0.1, -0.05) is 12.1 Å². The number of piperazine rings is 1. The molecule has 1 N–H and O–H groups in total. The molecule has 7 nitrogen and oxygen atoms in total. The Morgan fingerprint density at radius 2 is 1.85 bits per heavy atom. The number of nitrogens with one attached hydrogen (secondary N) is 1. The first-order chi connectivity index (χ1) is 12.6. The van der Waals surface area contributed by atoms with Crippen LogP contribution >= 0.6 is 0 Å². The van der Waals surface area contributed by atoms with Crippen molar-refractivity contribution in [2.24, 2.45) is 0 Å². The van der Waals surface area contributed by atoms with Crippen LogP contribution in [0.2, 0.25) is 0 Å². The zero-order valence-corrected chi connectivity index (χ0v) is 14.5. The first-order valence-corrected chi connectivity index (χ1v) is 8.39. The molecule has 2 heterocycles. The van der Waals surface area contributed by atoms with Crippen LogP contribution in [0.4, 0.5) is 11.4 Å². The van der Waals surface area contributed by atoms with Crippen molar-refractivity contribution in [1.82, 2.24) is 14.8 Å². The molecule has 0 atom stereocenters. The molecule has 0 bridgehead atoms. The number of nitrogens with zero attached hydrogens (tertiary/aromatic N) is 3. The maximum absolute atomic E-state index is 12.5. The summed E-state index contributed by atoms with van der Waals surface area (Å²) in [6.45, 7) is 3.63. The fourth-order valence-corrected chi connectivity index (χ4v) is 2.77. The van der Waals surface area contributed by atoms with Gasteiger partial charge in [0.2, 0.25) is 6.41 Å². The number of carbonyl (C=O) groups is 3. The molecule has 0 radical (unpaired) electrons. The molecule has 26 heavy (non-hydrogen) atoms. The summed E-state index contributed by atoms with van der Waals surface area (Å²) in [7, 11) is 0. The number of ketones is 1. The summed E-state index contributed by atoms with van der Waals surface area (Å²) in [6.07, 6.45) is 2.40. The normalized spacial score (nSPS) is 14.0. The van der Waals surface area contributed by atoms with E-state index >= 15 is 0 Å². The predicted molar refractivity (Wildman–Crippen MR) is 97.5 cm³/mol. The molecule has 0 unspecified atom stereocenters. The molecule has 1 fully saturated rings. The molecule has 3 rings (SSSR count). The van der Waals surface area contributed by atoms with E-state index < -0.39 is 0 Å². The fourth-order valence-electron chi connectivity index (χ4n) is 2.77. The number of benzene rings is 1. The maximum atomic E-state index is 12.5. The van der Waals surface area contributed by atoms with Crippen LogP contribution in [0.25, 0.3) is 0 Å². The van der Waals surface area contributed by atoms with E-state index in [2.05, 4.69) is 10.3 Å². The lowest BCUT2D eigenvalue weighted by Gasteiger charge is -2.32. The molecule has 1 aromatic carbocycles. The van der Waals surface area contributed by atoms with E-state index in [1.165, 1.54) is 6.92 Å². The molecular weight excluding hydrogens is 332 g/mol. The standard InChI is InChI=1S/C19H20N4O3/c1-14(25)15-3-2-4-16(11-15)21-17-5-6-18(20-12-17)19(26)23-9-7-22(13-24)8-10-23/h2-6,11-13,21H,7-10H2,1H3. The fraction of sp³-hybridized carbons (Fsp3) is 0.263. The Labute approximate surface area is 151 Å². The van der Waals surface area contributed by atoms with Crippen molar-refractivity contribution in [1.29, 1.82) is 0 Å². The number of hydrogen-bond donors (Lipinski definition) is 1. The summed E-state index contributed by atoms with van der Waals surface area (Å²) in [4.78, 5) is 42.3. The summed E-state index contributed by atoms with van der Waals surface area (Å²) in [5.41, 5.74) is 2.51. The van der Waals surface area contributed by atoms with Gasteiger partial charge in [-0.2, -0.15) is 0 Å². The van der Waals surface area contributed by atoms with Gasteiger partial charge in [-0.3, -0.25) is 14.4 Å². The van der Waals surface area contributed by atoms with E-state index in [0.29, 0.717) is 37.4 Å². The van der Waals surface area contributed by atoms with Gasteiger partial charge in [-0.25, -0.2) is 4.98 Å². The number of anilines is 2. The van der Waals surface area contributed by atoms with Crippen LogP contribution < -0.4 is 5.32 Å². The first kappa shape index (κ1) is 17.6. The highest BCUT2D eigenvalue weighted by molar-refractivity contribution is 5.95. The van der Waals surface area contributed by atoms with Gasteiger partial charge in [0.25, 0.3) is 5.91 Å². The van der Waals surface area contributed by atoms with Crippen molar-refractivity contribution >= 4 is 29.5 Å². The van der Waals surface area contributed by atoms with Gasteiger partial charge in [0.05, 0.1) is 11.9 Å². The quantitative estimate of drug-likeness (QED) is 0.657. The Morgan fingerprint density at radius 3 is 2.46 bits per heavy atom. The number of amides is 2. The summed E-state index contributed by atoms with van der Waals surface area (Å²) >= 11 is 0. The molecule has 134 valence electrons. The lowest BCUT2D eigenvalue weighted by atomic mass is 10.1. The minimum Gasteiger partial charge on any atom is -0.354 e. The van der Waals surface area contributed by atoms with E-state index in [0.717, 1.165) is 17.8 Å². The second kappa shape index (κ2) is 7.77. The highest BCUT2D eigenvalue weighted by Gasteiger charge is 2.22. The molecule has 1 saturated heterocycles. The topological polar surface area (TPSA) is 82.6 Å². The largest absolute Gasteiger partial charge is 0.354 e. The van der Waals surface area contributed by atoms with Crippen molar-refractivity contribution in [3.05, 3.63) is 53.9 Å². The van der Waals surface area contributed by atoms with Crippen molar-refractivity contribution in [2.75, 3.05) is 31.5 Å². The minimum absolute atomic E-state index is 0.00222. The molecule has 0 spiro atoms. The van der Waals surface area contributed by atoms with Gasteiger partial charge in [-0.15, -0.1) is 0 Å².